The summed E-state index contributed by atoms with van der Waals surface area (Å²) in [5, 5.41) is 3.52. The summed E-state index contributed by atoms with van der Waals surface area (Å²) in [5.74, 6) is 1.63. The van der Waals surface area contributed by atoms with E-state index in [1.807, 2.05) is 6.07 Å². The minimum Gasteiger partial charge on any atom is -0.442 e. The third-order valence-corrected chi connectivity index (χ3v) is 3.43. The molecule has 0 aliphatic rings. The molecule has 0 radical (unpaired) electrons. The molecule has 126 valence electrons. The van der Waals surface area contributed by atoms with Crippen LogP contribution in [0.2, 0.25) is 0 Å². The van der Waals surface area contributed by atoms with E-state index in [9.17, 15) is 13.6 Å². The van der Waals surface area contributed by atoms with Gasteiger partial charge >= 0.3 is 5.97 Å². The highest BCUT2D eigenvalue weighted by atomic mass is 19.2. The fraction of sp³-hybridized carbons (Fsp3) is 0.333. The summed E-state index contributed by atoms with van der Waals surface area (Å²) in [6, 6.07) is 8.42. The van der Waals surface area contributed by atoms with E-state index in [4.69, 9.17) is 4.74 Å². The summed E-state index contributed by atoms with van der Waals surface area (Å²) in [4.78, 5) is 12.4. The lowest BCUT2D eigenvalue weighted by Crippen LogP contribution is -2.28. The van der Waals surface area contributed by atoms with Gasteiger partial charge in [0.05, 0.1) is 6.04 Å². The van der Waals surface area contributed by atoms with Crippen molar-refractivity contribution in [3.05, 3.63) is 53.4 Å². The Hall–Kier alpha value is -2.68. The van der Waals surface area contributed by atoms with E-state index < -0.39 is 35.1 Å². The molecule has 4 nitrogen and oxygen atoms in total. The molecule has 0 bridgehead atoms. The van der Waals surface area contributed by atoms with Gasteiger partial charge in [-0.1, -0.05) is 36.3 Å². The van der Waals surface area contributed by atoms with E-state index >= 15 is 0 Å². The Bertz CT molecular complexity index is 802. The number of halogens is 2. The van der Waals surface area contributed by atoms with Crippen molar-refractivity contribution in [3.8, 4) is 11.8 Å². The Balaban J connectivity index is 2.43. The van der Waals surface area contributed by atoms with Crippen LogP contribution in [0.15, 0.2) is 30.3 Å². The summed E-state index contributed by atoms with van der Waals surface area (Å²) < 4.78 is 34.0. The Morgan fingerprint density at radius 1 is 1.29 bits per heavy atom. The molecule has 1 atom stereocenters. The van der Waals surface area contributed by atoms with Gasteiger partial charge in [-0.05, 0) is 33.3 Å². The zero-order chi connectivity index (χ0) is 17.9. The van der Waals surface area contributed by atoms with Gasteiger partial charge in [-0.3, -0.25) is 0 Å². The van der Waals surface area contributed by atoms with Crippen LogP contribution in [0.5, 0.6) is 0 Å². The Morgan fingerprint density at radius 3 is 2.50 bits per heavy atom. The third kappa shape index (κ3) is 3.62. The second-order valence-electron chi connectivity index (χ2n) is 5.76. The predicted molar refractivity (Wildman–Crippen MR) is 85.3 cm³/mol. The van der Waals surface area contributed by atoms with Crippen LogP contribution < -0.4 is 0 Å². The van der Waals surface area contributed by atoms with Crippen molar-refractivity contribution in [1.82, 2.24) is 9.78 Å². The molecule has 0 fully saturated rings. The summed E-state index contributed by atoms with van der Waals surface area (Å²) in [5.41, 5.74) is -0.934. The van der Waals surface area contributed by atoms with Gasteiger partial charge in [0.2, 0.25) is 5.82 Å². The summed E-state index contributed by atoms with van der Waals surface area (Å²) in [6.45, 7) is 6.42. The van der Waals surface area contributed by atoms with Crippen LogP contribution >= 0.6 is 0 Å². The number of esters is 1. The van der Waals surface area contributed by atoms with Gasteiger partial charge in [-0.2, -0.15) is 8.78 Å². The molecule has 0 aliphatic carbocycles. The average Bonchev–Trinajstić information content (AvgIpc) is 2.82. The molecule has 1 heterocycles. The quantitative estimate of drug-likeness (QED) is 0.633. The molecule has 0 saturated heterocycles. The van der Waals surface area contributed by atoms with E-state index in [0.29, 0.717) is 0 Å². The number of hydrogen-bond donors (Lipinski definition) is 0. The zero-order valence-electron chi connectivity index (χ0n) is 13.9. The molecule has 0 unspecified atom stereocenters. The van der Waals surface area contributed by atoms with Crippen molar-refractivity contribution in [1.29, 1.82) is 0 Å². The number of carbonyl (C=O) groups is 1. The molecule has 1 aromatic heterocycles. The number of carbonyl (C=O) groups excluding carboxylic acids is 1. The monoisotopic (exact) mass is 332 g/mol. The van der Waals surface area contributed by atoms with E-state index in [2.05, 4.69) is 16.9 Å². The molecule has 1 aromatic carbocycles. The third-order valence-electron chi connectivity index (χ3n) is 3.43. The molecule has 2 aromatic rings. The summed E-state index contributed by atoms with van der Waals surface area (Å²) in [6.07, 6.45) is 0. The topological polar surface area (TPSA) is 44.1 Å². The number of benzene rings is 1. The van der Waals surface area contributed by atoms with Gasteiger partial charge < -0.3 is 4.74 Å². The van der Waals surface area contributed by atoms with Gasteiger partial charge in [0.15, 0.2) is 11.3 Å². The molecule has 0 N–H and O–H groups in total. The van der Waals surface area contributed by atoms with Gasteiger partial charge in [0.1, 0.15) is 0 Å². The summed E-state index contributed by atoms with van der Waals surface area (Å²) in [7, 11) is 0. The first-order valence-corrected chi connectivity index (χ1v) is 7.42. The van der Waals surface area contributed by atoms with Crippen molar-refractivity contribution >= 4 is 5.97 Å². The average molecular weight is 332 g/mol. The fourth-order valence-electron chi connectivity index (χ4n) is 2.33. The lowest BCUT2D eigenvalue weighted by Gasteiger charge is -2.20. The van der Waals surface area contributed by atoms with Gasteiger partial charge in [0.25, 0.3) is 5.95 Å². The van der Waals surface area contributed by atoms with Crippen LogP contribution in [0.25, 0.3) is 0 Å². The molecular weight excluding hydrogens is 314 g/mol. The summed E-state index contributed by atoms with van der Waals surface area (Å²) >= 11 is 0. The fourth-order valence-corrected chi connectivity index (χ4v) is 2.33. The van der Waals surface area contributed by atoms with E-state index in [1.165, 1.54) is 0 Å². The number of ether oxygens (including phenoxy) is 1. The van der Waals surface area contributed by atoms with Crippen LogP contribution in [0.4, 0.5) is 8.78 Å². The zero-order valence-corrected chi connectivity index (χ0v) is 13.9. The van der Waals surface area contributed by atoms with Crippen LogP contribution in [-0.2, 0) is 4.74 Å². The van der Waals surface area contributed by atoms with E-state index in [1.54, 1.807) is 52.0 Å². The first-order valence-electron chi connectivity index (χ1n) is 7.42. The highest BCUT2D eigenvalue weighted by Crippen LogP contribution is 2.24. The maximum absolute atomic E-state index is 14.1. The Labute approximate surface area is 139 Å². The normalized spacial score (nSPS) is 12.2. The minimum absolute atomic E-state index is 0.548. The first kappa shape index (κ1) is 17.7. The van der Waals surface area contributed by atoms with Crippen LogP contribution in [0.3, 0.4) is 0 Å². The molecular formula is C18H18F2N2O2. The Kier molecular flexibility index (Phi) is 5.03. The molecule has 0 amide bonds. The predicted octanol–water partition coefficient (Wildman–Crippen LogP) is 3.73. The number of nitrogens with zero attached hydrogens (tertiary/aromatic N) is 2. The highest BCUT2D eigenvalue weighted by Gasteiger charge is 2.31. The maximum atomic E-state index is 14.1. The van der Waals surface area contributed by atoms with Crippen LogP contribution in [-0.4, -0.2) is 21.4 Å². The molecule has 0 saturated carbocycles. The van der Waals surface area contributed by atoms with E-state index in [0.717, 1.165) is 10.2 Å². The number of hydrogen-bond acceptors (Lipinski definition) is 3. The molecule has 24 heavy (non-hydrogen) atoms. The second kappa shape index (κ2) is 6.83. The molecule has 2 rings (SSSR count). The second-order valence-corrected chi connectivity index (χ2v) is 5.76. The van der Waals surface area contributed by atoms with Gasteiger partial charge in [0, 0.05) is 0 Å². The Morgan fingerprint density at radius 2 is 1.92 bits per heavy atom. The van der Waals surface area contributed by atoms with Crippen molar-refractivity contribution in [2.45, 2.75) is 39.3 Å². The molecule has 6 heteroatoms. The molecule has 0 aliphatic heterocycles. The van der Waals surface area contributed by atoms with Crippen LogP contribution in [0.1, 0.15) is 49.8 Å². The van der Waals surface area contributed by atoms with Crippen LogP contribution in [0, 0.1) is 23.6 Å². The largest absolute Gasteiger partial charge is 0.442 e. The van der Waals surface area contributed by atoms with Crippen molar-refractivity contribution < 1.29 is 18.3 Å². The van der Waals surface area contributed by atoms with Gasteiger partial charge in [-0.15, -0.1) is 11.0 Å². The van der Waals surface area contributed by atoms with E-state index in [-0.39, 0.29) is 0 Å². The lowest BCUT2D eigenvalue weighted by molar-refractivity contribution is 0.0183. The standard InChI is InChI=1S/C18H18F2N2O2/c1-5-11-18(3,4)24-17(23)15-14(19)16(20)21-22(15)12(2)13-9-7-6-8-10-13/h6-10,12H,1-4H3/t12-/m1/s1. The van der Waals surface area contributed by atoms with Crippen molar-refractivity contribution in [2.75, 3.05) is 0 Å². The highest BCUT2D eigenvalue weighted by molar-refractivity contribution is 5.88. The number of aromatic nitrogens is 2. The first-order chi connectivity index (χ1) is 11.3. The molecule has 0 spiro atoms. The van der Waals surface area contributed by atoms with Crippen molar-refractivity contribution in [2.24, 2.45) is 0 Å². The smallest absolute Gasteiger partial charge is 0.361 e. The lowest BCUT2D eigenvalue weighted by atomic mass is 10.1. The van der Waals surface area contributed by atoms with Gasteiger partial charge in [-0.25, -0.2) is 9.48 Å². The number of rotatable bonds is 4. The maximum Gasteiger partial charge on any atom is 0.361 e. The SMILES string of the molecule is CC#CC(C)(C)OC(=O)c1c(F)c(F)nn1[C@H](C)c1ccccc1. The van der Waals surface area contributed by atoms with Crippen molar-refractivity contribution in [3.63, 3.8) is 0 Å². The minimum atomic E-state index is -1.34.